The van der Waals surface area contributed by atoms with Gasteiger partial charge in [0.25, 0.3) is 0 Å². The van der Waals surface area contributed by atoms with E-state index in [2.05, 4.69) is 137 Å². The van der Waals surface area contributed by atoms with Crippen molar-refractivity contribution < 1.29 is 9.47 Å². The summed E-state index contributed by atoms with van der Waals surface area (Å²) in [4.78, 5) is 9.46. The zero-order chi connectivity index (χ0) is 30.1. The fourth-order valence-corrected chi connectivity index (χ4v) is 6.39. The van der Waals surface area contributed by atoms with Gasteiger partial charge in [-0.05, 0) is 119 Å². The Labute approximate surface area is 257 Å². The normalized spacial score (nSPS) is 17.0. The number of hydrogen-bond donors (Lipinski definition) is 0. The number of nitrogens with zero attached hydrogens (tertiary/aromatic N) is 2. The van der Waals surface area contributed by atoms with Crippen molar-refractivity contribution in [1.82, 2.24) is 0 Å². The molecule has 44 heavy (non-hydrogen) atoms. The van der Waals surface area contributed by atoms with E-state index in [1.54, 1.807) is 0 Å². The maximum absolute atomic E-state index is 5.86. The van der Waals surface area contributed by atoms with Gasteiger partial charge in [-0.15, -0.1) is 0 Å². The summed E-state index contributed by atoms with van der Waals surface area (Å²) in [6.45, 7) is 9.62. The van der Waals surface area contributed by atoms with Crippen LogP contribution in [0.1, 0.15) is 38.8 Å². The lowest BCUT2D eigenvalue weighted by atomic mass is 9.90. The SMILES string of the molecule is CC1(C)COC(c2ccc(-c3ccc4c5ccc(-c6ccc(C7=NC(C)(C)CO7)cc6)cc5c5ccccc5c4c3)cc2)=N1. The third-order valence-electron chi connectivity index (χ3n) is 8.70. The van der Waals surface area contributed by atoms with Crippen LogP contribution in [0.5, 0.6) is 0 Å². The topological polar surface area (TPSA) is 43.2 Å². The van der Waals surface area contributed by atoms with Crippen LogP contribution in [-0.2, 0) is 9.47 Å². The van der Waals surface area contributed by atoms with Crippen LogP contribution < -0.4 is 0 Å². The van der Waals surface area contributed by atoms with Crippen molar-refractivity contribution >= 4 is 44.1 Å². The zero-order valence-electron chi connectivity index (χ0n) is 25.5. The quantitative estimate of drug-likeness (QED) is 0.197. The lowest BCUT2D eigenvalue weighted by Crippen LogP contribution is -2.17. The largest absolute Gasteiger partial charge is 0.475 e. The maximum Gasteiger partial charge on any atom is 0.216 e. The molecule has 2 aliphatic heterocycles. The monoisotopic (exact) mass is 574 g/mol. The second-order valence-electron chi connectivity index (χ2n) is 13.3. The summed E-state index contributed by atoms with van der Waals surface area (Å²) in [5, 5.41) is 7.56. The van der Waals surface area contributed by atoms with Gasteiger partial charge in [0.15, 0.2) is 0 Å². The van der Waals surface area contributed by atoms with Crippen LogP contribution in [0.2, 0.25) is 0 Å². The Balaban J connectivity index is 1.18. The van der Waals surface area contributed by atoms with E-state index in [4.69, 9.17) is 19.5 Å². The van der Waals surface area contributed by atoms with Crippen LogP contribution in [0.3, 0.4) is 0 Å². The maximum atomic E-state index is 5.86. The Morgan fingerprint density at radius 2 is 0.750 bits per heavy atom. The second kappa shape index (κ2) is 9.78. The van der Waals surface area contributed by atoms with Crippen LogP contribution in [0.25, 0.3) is 54.6 Å². The molecule has 0 bridgehead atoms. The molecule has 216 valence electrons. The molecule has 6 aromatic carbocycles. The molecule has 4 heteroatoms. The Morgan fingerprint density at radius 3 is 1.11 bits per heavy atom. The molecule has 0 unspecified atom stereocenters. The Bertz CT molecular complexity index is 1980. The van der Waals surface area contributed by atoms with E-state index in [0.717, 1.165) is 22.9 Å². The first-order chi connectivity index (χ1) is 21.2. The van der Waals surface area contributed by atoms with Crippen LogP contribution >= 0.6 is 0 Å². The molecule has 0 aliphatic carbocycles. The number of rotatable bonds is 4. The van der Waals surface area contributed by atoms with E-state index in [1.807, 2.05) is 0 Å². The highest BCUT2D eigenvalue weighted by molar-refractivity contribution is 6.26. The summed E-state index contributed by atoms with van der Waals surface area (Å²) in [5.74, 6) is 1.46. The van der Waals surface area contributed by atoms with Crippen LogP contribution in [0.15, 0.2) is 119 Å². The van der Waals surface area contributed by atoms with Gasteiger partial charge in [0.2, 0.25) is 11.8 Å². The minimum Gasteiger partial charge on any atom is -0.475 e. The first kappa shape index (κ1) is 26.7. The predicted octanol–water partition coefficient (Wildman–Crippen LogP) is 9.59. The molecule has 0 atom stereocenters. The molecule has 0 fully saturated rings. The van der Waals surface area contributed by atoms with E-state index in [-0.39, 0.29) is 11.1 Å². The summed E-state index contributed by atoms with van der Waals surface area (Å²) in [5.41, 5.74) is 6.44. The van der Waals surface area contributed by atoms with Crippen LogP contribution in [0.4, 0.5) is 0 Å². The molecule has 0 N–H and O–H groups in total. The fraction of sp³-hybridized carbons (Fsp3) is 0.200. The lowest BCUT2D eigenvalue weighted by molar-refractivity contribution is 0.279. The zero-order valence-corrected chi connectivity index (χ0v) is 25.5. The molecule has 8 rings (SSSR count). The molecule has 4 nitrogen and oxygen atoms in total. The minimum atomic E-state index is -0.167. The lowest BCUT2D eigenvalue weighted by Gasteiger charge is -2.14. The molecule has 2 heterocycles. The van der Waals surface area contributed by atoms with Gasteiger partial charge in [-0.3, -0.25) is 0 Å². The molecular formula is C40H34N2O2. The molecule has 2 aliphatic rings. The standard InChI is InChI=1S/C40H34N2O2/c1-39(2)23-43-37(41-39)27-13-9-25(10-14-27)29-17-19-33-34-20-18-30(22-36(34)32-8-6-5-7-31(32)35(33)21-29)26-11-15-28(16-12-26)38-42-40(3,4)24-44-38/h5-22H,23-24H2,1-4H3. The summed E-state index contributed by atoms with van der Waals surface area (Å²) in [6.07, 6.45) is 0. The van der Waals surface area contributed by atoms with E-state index in [1.165, 1.54) is 54.6 Å². The molecular weight excluding hydrogens is 540 g/mol. The molecule has 0 saturated carbocycles. The second-order valence-corrected chi connectivity index (χ2v) is 13.3. The van der Waals surface area contributed by atoms with Crippen molar-refractivity contribution in [1.29, 1.82) is 0 Å². The van der Waals surface area contributed by atoms with Gasteiger partial charge >= 0.3 is 0 Å². The van der Waals surface area contributed by atoms with Crippen molar-refractivity contribution in [2.24, 2.45) is 9.98 Å². The van der Waals surface area contributed by atoms with Crippen molar-refractivity contribution in [2.45, 2.75) is 38.8 Å². The molecule has 0 amide bonds. The summed E-state index contributed by atoms with van der Waals surface area (Å²) in [7, 11) is 0. The fourth-order valence-electron chi connectivity index (χ4n) is 6.39. The van der Waals surface area contributed by atoms with Crippen LogP contribution in [-0.4, -0.2) is 36.1 Å². The van der Waals surface area contributed by atoms with Gasteiger partial charge in [0, 0.05) is 11.1 Å². The third kappa shape index (κ3) is 4.62. The summed E-state index contributed by atoms with van der Waals surface area (Å²) >= 11 is 0. The van der Waals surface area contributed by atoms with E-state index in [9.17, 15) is 0 Å². The van der Waals surface area contributed by atoms with Crippen molar-refractivity contribution in [3.63, 3.8) is 0 Å². The number of ether oxygens (including phenoxy) is 2. The molecule has 0 aromatic heterocycles. The average Bonchev–Trinajstić information content (AvgIpc) is 3.61. The highest BCUT2D eigenvalue weighted by Gasteiger charge is 2.28. The Morgan fingerprint density at radius 1 is 0.409 bits per heavy atom. The third-order valence-corrected chi connectivity index (χ3v) is 8.70. The van der Waals surface area contributed by atoms with Gasteiger partial charge in [0.1, 0.15) is 13.2 Å². The average molecular weight is 575 g/mol. The van der Waals surface area contributed by atoms with Gasteiger partial charge < -0.3 is 9.47 Å². The van der Waals surface area contributed by atoms with E-state index in [0.29, 0.717) is 13.2 Å². The number of aliphatic imine (C=N–C) groups is 2. The summed E-state index contributed by atoms with van der Waals surface area (Å²) in [6, 6.07) is 39.6. The number of hydrogen-bond acceptors (Lipinski definition) is 4. The first-order valence-electron chi connectivity index (χ1n) is 15.3. The Kier molecular flexibility index (Phi) is 5.93. The molecule has 0 radical (unpaired) electrons. The smallest absolute Gasteiger partial charge is 0.216 e. The molecule has 0 spiro atoms. The van der Waals surface area contributed by atoms with E-state index < -0.39 is 0 Å². The number of benzene rings is 6. The van der Waals surface area contributed by atoms with Crippen molar-refractivity contribution in [2.75, 3.05) is 13.2 Å². The minimum absolute atomic E-state index is 0.167. The van der Waals surface area contributed by atoms with Crippen molar-refractivity contribution in [3.05, 3.63) is 120 Å². The van der Waals surface area contributed by atoms with Gasteiger partial charge in [0.05, 0.1) is 11.1 Å². The van der Waals surface area contributed by atoms with Gasteiger partial charge in [-0.2, -0.15) is 0 Å². The first-order valence-corrected chi connectivity index (χ1v) is 15.3. The highest BCUT2D eigenvalue weighted by atomic mass is 16.5. The van der Waals surface area contributed by atoms with Crippen LogP contribution in [0, 0.1) is 0 Å². The van der Waals surface area contributed by atoms with E-state index >= 15 is 0 Å². The number of fused-ring (bicyclic) bond motifs is 6. The predicted molar refractivity (Wildman–Crippen MR) is 183 cm³/mol. The highest BCUT2D eigenvalue weighted by Crippen LogP contribution is 2.39. The van der Waals surface area contributed by atoms with Crippen molar-refractivity contribution in [3.8, 4) is 22.3 Å². The molecule has 6 aromatic rings. The van der Waals surface area contributed by atoms with Gasteiger partial charge in [-0.25, -0.2) is 9.98 Å². The van der Waals surface area contributed by atoms with Gasteiger partial charge in [-0.1, -0.05) is 72.8 Å². The molecule has 0 saturated heterocycles. The summed E-state index contributed by atoms with van der Waals surface area (Å²) < 4.78 is 11.7. The Hall–Kier alpha value is -4.96.